The standard InChI is InChI=1S/C4H4N2.H3O3P/c1-2-5-4-6-3-1;1-4(2)3/h1-4H;4H,(H2,1,2,3). The first kappa shape index (κ1) is 9.23. The summed E-state index contributed by atoms with van der Waals surface area (Å²) in [6.45, 7) is 0. The van der Waals surface area contributed by atoms with E-state index >= 15 is 0 Å². The summed E-state index contributed by atoms with van der Waals surface area (Å²) < 4.78 is 8.74. The maximum Gasteiger partial charge on any atom is 0.314 e. The molecule has 0 aliphatic carbocycles. The summed E-state index contributed by atoms with van der Waals surface area (Å²) >= 11 is 0. The van der Waals surface area contributed by atoms with E-state index in [1.807, 2.05) is 0 Å². The molecule has 0 aliphatic rings. The molecule has 5 nitrogen and oxygen atoms in total. The molecule has 0 saturated heterocycles. The van der Waals surface area contributed by atoms with Crippen molar-refractivity contribution in [2.45, 2.75) is 0 Å². The van der Waals surface area contributed by atoms with Crippen molar-refractivity contribution in [3.05, 3.63) is 24.8 Å². The van der Waals surface area contributed by atoms with E-state index < -0.39 is 8.25 Å². The van der Waals surface area contributed by atoms with Gasteiger partial charge in [-0.05, 0) is 6.07 Å². The van der Waals surface area contributed by atoms with Crippen LogP contribution in [0.25, 0.3) is 0 Å². The smallest absolute Gasteiger partial charge is 0.314 e. The number of hydrogen-bond acceptors (Lipinski definition) is 3. The number of aromatic nitrogens is 2. The van der Waals surface area contributed by atoms with E-state index in [-0.39, 0.29) is 0 Å². The second kappa shape index (κ2) is 6.35. The summed E-state index contributed by atoms with van der Waals surface area (Å²) in [4.78, 5) is 21.7. The largest absolute Gasteiger partial charge is 0.326 e. The molecule has 0 aromatic carbocycles. The average molecular weight is 162 g/mol. The Bertz CT molecular complexity index is 150. The Balaban J connectivity index is 0.000000180. The minimum Gasteiger partial charge on any atom is -0.326 e. The van der Waals surface area contributed by atoms with Crippen molar-refractivity contribution >= 4 is 8.25 Å². The van der Waals surface area contributed by atoms with Crippen molar-refractivity contribution in [3.63, 3.8) is 0 Å². The maximum absolute atomic E-state index is 8.74. The second-order valence-electron chi connectivity index (χ2n) is 1.19. The lowest BCUT2D eigenvalue weighted by Crippen LogP contribution is -1.66. The van der Waals surface area contributed by atoms with Gasteiger partial charge >= 0.3 is 8.25 Å². The van der Waals surface area contributed by atoms with Gasteiger partial charge in [-0.25, -0.2) is 9.97 Å². The Morgan fingerprint density at radius 1 is 1.20 bits per heavy atom. The van der Waals surface area contributed by atoms with Crippen LogP contribution in [0.5, 0.6) is 0 Å². The summed E-state index contributed by atoms with van der Waals surface area (Å²) in [5, 5.41) is 0. The van der Waals surface area contributed by atoms with E-state index in [9.17, 15) is 0 Å². The molecule has 1 aromatic rings. The Morgan fingerprint density at radius 2 is 1.60 bits per heavy atom. The molecule has 0 atom stereocenters. The van der Waals surface area contributed by atoms with Crippen molar-refractivity contribution in [2.75, 3.05) is 0 Å². The highest BCUT2D eigenvalue weighted by Crippen LogP contribution is 1.98. The average Bonchev–Trinajstić information content (AvgIpc) is 1.90. The van der Waals surface area contributed by atoms with Gasteiger partial charge in [0.1, 0.15) is 6.33 Å². The van der Waals surface area contributed by atoms with Gasteiger partial charge in [0, 0.05) is 12.4 Å². The molecule has 0 saturated carbocycles. The molecule has 0 fully saturated rings. The molecule has 1 rings (SSSR count). The van der Waals surface area contributed by atoms with Crippen molar-refractivity contribution in [2.24, 2.45) is 0 Å². The molecule has 6 heteroatoms. The Labute approximate surface area is 58.3 Å². The van der Waals surface area contributed by atoms with Gasteiger partial charge < -0.3 is 9.79 Å². The third-order valence-corrected chi connectivity index (χ3v) is 0.478. The van der Waals surface area contributed by atoms with Gasteiger partial charge in [0.25, 0.3) is 0 Å². The summed E-state index contributed by atoms with van der Waals surface area (Å²) in [6.07, 6.45) is 4.88. The number of nitrogens with zero attached hydrogens (tertiary/aromatic N) is 2. The maximum atomic E-state index is 8.74. The molecule has 1 heterocycles. The lowest BCUT2D eigenvalue weighted by atomic mass is 10.7. The normalized spacial score (nSPS) is 8.30. The predicted octanol–water partition coefficient (Wildman–Crippen LogP) is -0.163. The Morgan fingerprint density at radius 3 is 1.70 bits per heavy atom. The highest BCUT2D eigenvalue weighted by atomic mass is 31.1. The Kier molecular flexibility index (Phi) is 5.86. The SMILES string of the molecule is O=[PH](O)O.c1cncnc1. The van der Waals surface area contributed by atoms with E-state index in [1.165, 1.54) is 6.33 Å². The first-order chi connectivity index (χ1) is 4.73. The minimum absolute atomic E-state index is 1.50. The first-order valence-corrected chi connectivity index (χ1v) is 3.65. The van der Waals surface area contributed by atoms with Gasteiger partial charge in [-0.15, -0.1) is 0 Å². The van der Waals surface area contributed by atoms with Crippen LogP contribution in [0.3, 0.4) is 0 Å². The molecule has 10 heavy (non-hydrogen) atoms. The van der Waals surface area contributed by atoms with Gasteiger partial charge in [-0.2, -0.15) is 0 Å². The topological polar surface area (TPSA) is 83.3 Å². The highest BCUT2D eigenvalue weighted by molar-refractivity contribution is 7.30. The van der Waals surface area contributed by atoms with Gasteiger partial charge in [-0.1, -0.05) is 0 Å². The van der Waals surface area contributed by atoms with Crippen LogP contribution in [0.4, 0.5) is 0 Å². The fourth-order valence-electron chi connectivity index (χ4n) is 0.253. The van der Waals surface area contributed by atoms with E-state index in [2.05, 4.69) is 9.97 Å². The molecule has 0 amide bonds. The van der Waals surface area contributed by atoms with Gasteiger partial charge in [0.05, 0.1) is 0 Å². The minimum atomic E-state index is -3.13. The van der Waals surface area contributed by atoms with Crippen LogP contribution in [0.2, 0.25) is 0 Å². The summed E-state index contributed by atoms with van der Waals surface area (Å²) in [6, 6.07) is 1.78. The van der Waals surface area contributed by atoms with E-state index in [0.29, 0.717) is 0 Å². The van der Waals surface area contributed by atoms with Crippen molar-refractivity contribution in [1.82, 2.24) is 9.97 Å². The Hall–Kier alpha value is -0.770. The molecule has 1 aromatic heterocycles. The lowest BCUT2D eigenvalue weighted by molar-refractivity contribution is 0.405. The zero-order valence-electron chi connectivity index (χ0n) is 5.01. The van der Waals surface area contributed by atoms with E-state index in [1.54, 1.807) is 18.5 Å². The summed E-state index contributed by atoms with van der Waals surface area (Å²) in [7, 11) is -3.13. The monoisotopic (exact) mass is 162 g/mol. The third kappa shape index (κ3) is 10.3. The van der Waals surface area contributed by atoms with Crippen LogP contribution in [-0.2, 0) is 4.57 Å². The quantitative estimate of drug-likeness (QED) is 0.517. The zero-order valence-corrected chi connectivity index (χ0v) is 6.01. The third-order valence-electron chi connectivity index (χ3n) is 0.478. The number of rotatable bonds is 0. The van der Waals surface area contributed by atoms with Crippen LogP contribution in [0.15, 0.2) is 24.8 Å². The highest BCUT2D eigenvalue weighted by Gasteiger charge is 1.61. The molecular weight excluding hydrogens is 155 g/mol. The van der Waals surface area contributed by atoms with Crippen molar-refractivity contribution in [1.29, 1.82) is 0 Å². The fourth-order valence-corrected chi connectivity index (χ4v) is 0.253. The van der Waals surface area contributed by atoms with Crippen LogP contribution in [0, 0.1) is 0 Å². The molecule has 0 spiro atoms. The molecule has 0 unspecified atom stereocenters. The fraction of sp³-hybridized carbons (Fsp3) is 0. The van der Waals surface area contributed by atoms with Crippen LogP contribution in [-0.4, -0.2) is 19.8 Å². The molecule has 2 N–H and O–H groups in total. The summed E-state index contributed by atoms with van der Waals surface area (Å²) in [5.41, 5.74) is 0. The van der Waals surface area contributed by atoms with Gasteiger partial charge in [0.15, 0.2) is 0 Å². The molecule has 56 valence electrons. The van der Waals surface area contributed by atoms with Crippen LogP contribution < -0.4 is 0 Å². The molecular formula is C4H7N2O3P. The van der Waals surface area contributed by atoms with Crippen LogP contribution >= 0.6 is 8.25 Å². The van der Waals surface area contributed by atoms with Gasteiger partial charge in [0.2, 0.25) is 0 Å². The molecule has 0 aliphatic heterocycles. The summed E-state index contributed by atoms with van der Waals surface area (Å²) in [5.74, 6) is 0. The van der Waals surface area contributed by atoms with E-state index in [0.717, 1.165) is 0 Å². The van der Waals surface area contributed by atoms with Crippen molar-refractivity contribution < 1.29 is 14.4 Å². The van der Waals surface area contributed by atoms with Crippen LogP contribution in [0.1, 0.15) is 0 Å². The lowest BCUT2D eigenvalue weighted by Gasteiger charge is -1.70. The van der Waals surface area contributed by atoms with Crippen molar-refractivity contribution in [3.8, 4) is 0 Å². The predicted molar refractivity (Wildman–Crippen MR) is 35.5 cm³/mol. The van der Waals surface area contributed by atoms with Gasteiger partial charge in [-0.3, -0.25) is 4.57 Å². The molecule has 0 radical (unpaired) electrons. The van der Waals surface area contributed by atoms with E-state index in [4.69, 9.17) is 14.4 Å². The second-order valence-corrected chi connectivity index (χ2v) is 1.75. The first-order valence-electron chi connectivity index (χ1n) is 2.35. The number of hydrogen-bond donors (Lipinski definition) is 2. The zero-order chi connectivity index (χ0) is 7.82. The molecule has 0 bridgehead atoms.